The molecule has 0 amide bonds. The third-order valence-electron chi connectivity index (χ3n) is 2.89. The minimum atomic E-state index is -4.20. The summed E-state index contributed by atoms with van der Waals surface area (Å²) in [5.41, 5.74) is 0. The molecule has 0 aliphatic carbocycles. The third-order valence-corrected chi connectivity index (χ3v) is 3.34. The van der Waals surface area contributed by atoms with Gasteiger partial charge in [-0.25, -0.2) is 5.14 Å². The van der Waals surface area contributed by atoms with Gasteiger partial charge in [-0.15, -0.1) is 0 Å². The van der Waals surface area contributed by atoms with Gasteiger partial charge in [-0.2, -0.15) is 8.42 Å². The van der Waals surface area contributed by atoms with Crippen molar-refractivity contribution in [3.05, 3.63) is 0 Å². The van der Waals surface area contributed by atoms with E-state index in [0.717, 1.165) is 0 Å². The van der Waals surface area contributed by atoms with Crippen LogP contribution < -0.4 is 5.14 Å². The molecule has 4 N–H and O–H groups in total. The van der Waals surface area contributed by atoms with E-state index in [9.17, 15) is 18.6 Å². The molecule has 2 aliphatic heterocycles. The molecular formula is C9H17NO8S. The van der Waals surface area contributed by atoms with E-state index in [4.69, 9.17) is 19.3 Å². The van der Waals surface area contributed by atoms with Gasteiger partial charge < -0.3 is 24.4 Å². The quantitative estimate of drug-likeness (QED) is 0.534. The number of rotatable bonds is 3. The predicted molar refractivity (Wildman–Crippen MR) is 59.8 cm³/mol. The molecule has 2 rings (SSSR count). The molecule has 0 bridgehead atoms. The largest absolute Gasteiger partial charge is 0.388 e. The van der Waals surface area contributed by atoms with E-state index >= 15 is 0 Å². The van der Waals surface area contributed by atoms with Crippen molar-refractivity contribution in [2.45, 2.75) is 43.7 Å². The van der Waals surface area contributed by atoms with Crippen molar-refractivity contribution in [1.82, 2.24) is 0 Å². The summed E-state index contributed by atoms with van der Waals surface area (Å²) in [7, 11) is -4.20. The monoisotopic (exact) mass is 299 g/mol. The van der Waals surface area contributed by atoms with Crippen molar-refractivity contribution in [2.75, 3.05) is 13.2 Å². The fraction of sp³-hybridized carbons (Fsp3) is 1.00. The van der Waals surface area contributed by atoms with Gasteiger partial charge in [0.15, 0.2) is 5.79 Å². The molecule has 0 radical (unpaired) electrons. The first-order valence-corrected chi connectivity index (χ1v) is 7.07. The molecule has 0 unspecified atom stereocenters. The summed E-state index contributed by atoms with van der Waals surface area (Å²) in [5, 5.41) is 24.2. The van der Waals surface area contributed by atoms with E-state index in [1.54, 1.807) is 13.8 Å². The van der Waals surface area contributed by atoms with E-state index in [1.807, 2.05) is 0 Å². The third kappa shape index (κ3) is 3.06. The molecule has 2 saturated heterocycles. The lowest BCUT2D eigenvalue weighted by Gasteiger charge is -2.40. The molecule has 0 aromatic carbocycles. The van der Waals surface area contributed by atoms with Gasteiger partial charge in [-0.05, 0) is 13.8 Å². The van der Waals surface area contributed by atoms with Gasteiger partial charge in [0, 0.05) is 0 Å². The van der Waals surface area contributed by atoms with Gasteiger partial charge in [-0.3, -0.25) is 4.18 Å². The molecule has 2 heterocycles. The first kappa shape index (κ1) is 15.1. The van der Waals surface area contributed by atoms with Crippen LogP contribution >= 0.6 is 0 Å². The summed E-state index contributed by atoms with van der Waals surface area (Å²) < 4.78 is 42.4. The second kappa shape index (κ2) is 4.60. The van der Waals surface area contributed by atoms with Crippen LogP contribution in [0.15, 0.2) is 0 Å². The van der Waals surface area contributed by atoms with Crippen LogP contribution in [0, 0.1) is 0 Å². The van der Waals surface area contributed by atoms with Crippen LogP contribution in [0.3, 0.4) is 0 Å². The van der Waals surface area contributed by atoms with Crippen LogP contribution in [0.4, 0.5) is 0 Å². The van der Waals surface area contributed by atoms with Gasteiger partial charge in [0.1, 0.15) is 24.9 Å². The van der Waals surface area contributed by atoms with Crippen LogP contribution in [0.2, 0.25) is 0 Å². The van der Waals surface area contributed by atoms with E-state index in [1.165, 1.54) is 0 Å². The minimum absolute atomic E-state index is 0.245. The van der Waals surface area contributed by atoms with Crippen molar-refractivity contribution in [3.8, 4) is 0 Å². The lowest BCUT2D eigenvalue weighted by Crippen LogP contribution is -2.61. The highest BCUT2D eigenvalue weighted by molar-refractivity contribution is 7.84. The number of nitrogens with two attached hydrogens (primary N) is 1. The van der Waals surface area contributed by atoms with Gasteiger partial charge in [-0.1, -0.05) is 0 Å². The summed E-state index contributed by atoms with van der Waals surface area (Å²) >= 11 is 0. The SMILES string of the molecule is CC1(C)O[C@H]2[C@H](O)[C@H](O)CO[C@@]2(COS(N)(=O)=O)O1. The summed E-state index contributed by atoms with van der Waals surface area (Å²) in [4.78, 5) is 0. The molecule has 2 fully saturated rings. The van der Waals surface area contributed by atoms with E-state index in [2.05, 4.69) is 4.18 Å². The fourth-order valence-corrected chi connectivity index (χ4v) is 2.51. The fourth-order valence-electron chi connectivity index (χ4n) is 2.18. The zero-order valence-corrected chi connectivity index (χ0v) is 11.3. The van der Waals surface area contributed by atoms with Crippen LogP contribution in [-0.4, -0.2) is 61.7 Å². The summed E-state index contributed by atoms with van der Waals surface area (Å²) in [6.45, 7) is 2.30. The Bertz CT molecular complexity index is 451. The van der Waals surface area contributed by atoms with Gasteiger partial charge >= 0.3 is 10.3 Å². The van der Waals surface area contributed by atoms with Gasteiger partial charge in [0.25, 0.3) is 0 Å². The first-order valence-electron chi connectivity index (χ1n) is 5.60. The molecule has 10 heteroatoms. The maximum absolute atomic E-state index is 10.9. The normalized spacial score (nSPS) is 42.1. The minimum Gasteiger partial charge on any atom is -0.388 e. The van der Waals surface area contributed by atoms with E-state index in [-0.39, 0.29) is 6.61 Å². The zero-order valence-electron chi connectivity index (χ0n) is 10.5. The first-order chi connectivity index (χ1) is 8.55. The number of aliphatic hydroxyl groups excluding tert-OH is 2. The Morgan fingerprint density at radius 1 is 1.42 bits per heavy atom. The molecular weight excluding hydrogens is 282 g/mol. The lowest BCUT2D eigenvalue weighted by atomic mass is 9.98. The van der Waals surface area contributed by atoms with Crippen LogP contribution in [0.25, 0.3) is 0 Å². The number of fused-ring (bicyclic) bond motifs is 1. The summed E-state index contributed by atoms with van der Waals surface area (Å²) in [5.74, 6) is -2.76. The second-order valence-corrected chi connectivity index (χ2v) is 6.20. The molecule has 112 valence electrons. The van der Waals surface area contributed by atoms with E-state index < -0.39 is 46.8 Å². The Balaban J connectivity index is 2.23. The average molecular weight is 299 g/mol. The Hall–Kier alpha value is -0.330. The van der Waals surface area contributed by atoms with Crippen LogP contribution in [-0.2, 0) is 28.7 Å². The number of ether oxygens (including phenoxy) is 3. The lowest BCUT2D eigenvalue weighted by molar-refractivity contribution is -0.301. The van der Waals surface area contributed by atoms with Crippen molar-refractivity contribution < 1.29 is 37.0 Å². The Kier molecular flexibility index (Phi) is 3.65. The highest BCUT2D eigenvalue weighted by atomic mass is 32.2. The maximum atomic E-state index is 10.9. The van der Waals surface area contributed by atoms with Crippen LogP contribution in [0.1, 0.15) is 13.8 Å². The van der Waals surface area contributed by atoms with Crippen molar-refractivity contribution in [2.24, 2.45) is 5.14 Å². The number of aliphatic hydroxyl groups is 2. The van der Waals surface area contributed by atoms with E-state index in [0.29, 0.717) is 0 Å². The Labute approximate surface area is 110 Å². The summed E-state index contributed by atoms with van der Waals surface area (Å²) in [6, 6.07) is 0. The number of hydrogen-bond donors (Lipinski definition) is 3. The Morgan fingerprint density at radius 2 is 2.05 bits per heavy atom. The molecule has 0 aromatic heterocycles. The molecule has 9 nitrogen and oxygen atoms in total. The molecule has 4 atom stereocenters. The molecule has 19 heavy (non-hydrogen) atoms. The molecule has 0 spiro atoms. The average Bonchev–Trinajstić information content (AvgIpc) is 2.53. The highest BCUT2D eigenvalue weighted by Crippen LogP contribution is 2.42. The second-order valence-electron chi connectivity index (χ2n) is 4.98. The van der Waals surface area contributed by atoms with Gasteiger partial charge in [0.2, 0.25) is 5.79 Å². The smallest absolute Gasteiger partial charge is 0.333 e. The molecule has 0 saturated carbocycles. The van der Waals surface area contributed by atoms with Crippen LogP contribution in [0.5, 0.6) is 0 Å². The van der Waals surface area contributed by atoms with Gasteiger partial charge in [0.05, 0.1) is 6.61 Å². The standard InChI is InChI=1S/C9H17NO8S/c1-8(2)17-7-6(12)5(11)3-15-9(7,18-8)4-16-19(10,13)14/h5-7,11-12H,3-4H2,1-2H3,(H2,10,13,14)/t5-,6-,7+,9+/m1/s1. The molecule has 0 aromatic rings. The van der Waals surface area contributed by atoms with Crippen molar-refractivity contribution >= 4 is 10.3 Å². The van der Waals surface area contributed by atoms with Crippen molar-refractivity contribution in [1.29, 1.82) is 0 Å². The Morgan fingerprint density at radius 3 is 2.63 bits per heavy atom. The number of hydrogen-bond acceptors (Lipinski definition) is 8. The van der Waals surface area contributed by atoms with Crippen molar-refractivity contribution in [3.63, 3.8) is 0 Å². The topological polar surface area (TPSA) is 138 Å². The highest BCUT2D eigenvalue weighted by Gasteiger charge is 2.61. The summed E-state index contributed by atoms with van der Waals surface area (Å²) in [6.07, 6.45) is -3.54. The molecule has 2 aliphatic rings. The maximum Gasteiger partial charge on any atom is 0.333 e. The zero-order chi connectivity index (χ0) is 14.5. The predicted octanol–water partition coefficient (Wildman–Crippen LogP) is -2.19.